The van der Waals surface area contributed by atoms with E-state index in [0.29, 0.717) is 18.0 Å². The van der Waals surface area contributed by atoms with E-state index in [2.05, 4.69) is 22.0 Å². The molecule has 2 unspecified atom stereocenters. The molecule has 20 heavy (non-hydrogen) atoms. The smallest absolute Gasteiger partial charge is 0.241 e. The van der Waals surface area contributed by atoms with Crippen LogP contribution < -0.4 is 5.32 Å². The first-order valence-electron chi connectivity index (χ1n) is 8.58. The molecule has 2 aliphatic heterocycles. The third-order valence-corrected chi connectivity index (χ3v) is 5.40. The molecule has 1 aliphatic carbocycles. The minimum Gasteiger partial charge on any atom is -0.324 e. The maximum Gasteiger partial charge on any atom is 0.241 e. The zero-order chi connectivity index (χ0) is 13.9. The Labute approximate surface area is 122 Å². The number of amides is 1. The number of nitrogens with one attached hydrogen (secondary N) is 1. The second-order valence-electron chi connectivity index (χ2n) is 6.70. The van der Waals surface area contributed by atoms with Gasteiger partial charge in [0.25, 0.3) is 0 Å². The predicted octanol–water partition coefficient (Wildman–Crippen LogP) is 1.81. The minimum atomic E-state index is 0.0687. The molecule has 4 heteroatoms. The van der Waals surface area contributed by atoms with Crippen LogP contribution in [0.25, 0.3) is 0 Å². The highest BCUT2D eigenvalue weighted by Gasteiger charge is 2.42. The maximum atomic E-state index is 12.6. The topological polar surface area (TPSA) is 35.6 Å². The molecule has 114 valence electrons. The van der Waals surface area contributed by atoms with Crippen molar-refractivity contribution in [3.05, 3.63) is 0 Å². The molecule has 1 N–H and O–H groups in total. The van der Waals surface area contributed by atoms with E-state index in [4.69, 9.17) is 0 Å². The first-order valence-corrected chi connectivity index (χ1v) is 8.58. The van der Waals surface area contributed by atoms with Gasteiger partial charge in [0, 0.05) is 13.1 Å². The first-order chi connectivity index (χ1) is 9.79. The third-order valence-electron chi connectivity index (χ3n) is 5.40. The van der Waals surface area contributed by atoms with Crippen molar-refractivity contribution in [3.63, 3.8) is 0 Å². The summed E-state index contributed by atoms with van der Waals surface area (Å²) < 4.78 is 0. The van der Waals surface area contributed by atoms with Gasteiger partial charge in [-0.15, -0.1) is 0 Å². The van der Waals surface area contributed by atoms with Crippen molar-refractivity contribution >= 4 is 5.91 Å². The number of carbonyl (C=O) groups excluding carboxylic acids is 1. The Kier molecular flexibility index (Phi) is 4.61. The van der Waals surface area contributed by atoms with Gasteiger partial charge in [-0.3, -0.25) is 10.1 Å². The number of hydrogen-bond acceptors (Lipinski definition) is 3. The average Bonchev–Trinajstić information content (AvgIpc) is 3.18. The van der Waals surface area contributed by atoms with Crippen molar-refractivity contribution in [2.24, 2.45) is 5.92 Å². The summed E-state index contributed by atoms with van der Waals surface area (Å²) in [6.07, 6.45) is 9.16. The molecule has 1 saturated carbocycles. The van der Waals surface area contributed by atoms with Crippen LogP contribution in [-0.2, 0) is 4.79 Å². The van der Waals surface area contributed by atoms with E-state index < -0.39 is 0 Å². The van der Waals surface area contributed by atoms with E-state index in [-0.39, 0.29) is 6.04 Å². The molecule has 0 aromatic rings. The summed E-state index contributed by atoms with van der Waals surface area (Å²) in [6, 6.07) is 0.0687. The van der Waals surface area contributed by atoms with E-state index in [0.717, 1.165) is 19.5 Å². The van der Waals surface area contributed by atoms with Crippen molar-refractivity contribution in [2.45, 2.75) is 64.1 Å². The fraction of sp³-hybridized carbons (Fsp3) is 0.938. The molecule has 2 saturated heterocycles. The predicted molar refractivity (Wildman–Crippen MR) is 80.3 cm³/mol. The number of nitrogens with zero attached hydrogens (tertiary/aromatic N) is 2. The van der Waals surface area contributed by atoms with Crippen LogP contribution >= 0.6 is 0 Å². The maximum absolute atomic E-state index is 12.6. The van der Waals surface area contributed by atoms with Gasteiger partial charge in [-0.2, -0.15) is 0 Å². The van der Waals surface area contributed by atoms with Gasteiger partial charge >= 0.3 is 0 Å². The van der Waals surface area contributed by atoms with E-state index in [1.54, 1.807) is 0 Å². The quantitative estimate of drug-likeness (QED) is 0.833. The number of hydrogen-bond donors (Lipinski definition) is 1. The fourth-order valence-electron chi connectivity index (χ4n) is 4.17. The summed E-state index contributed by atoms with van der Waals surface area (Å²) in [5.74, 6) is 1.04. The molecule has 3 aliphatic rings. The zero-order valence-corrected chi connectivity index (χ0v) is 12.8. The summed E-state index contributed by atoms with van der Waals surface area (Å²) in [5, 5.41) is 3.62. The van der Waals surface area contributed by atoms with Gasteiger partial charge in [0.15, 0.2) is 0 Å². The van der Waals surface area contributed by atoms with Gasteiger partial charge in [-0.1, -0.05) is 19.8 Å². The van der Waals surface area contributed by atoms with Crippen LogP contribution in [0.3, 0.4) is 0 Å². The Balaban J connectivity index is 1.61. The summed E-state index contributed by atoms with van der Waals surface area (Å²) in [6.45, 7) is 6.54. The normalized spacial score (nSPS) is 32.6. The van der Waals surface area contributed by atoms with Gasteiger partial charge < -0.3 is 9.80 Å². The van der Waals surface area contributed by atoms with Crippen LogP contribution in [0, 0.1) is 5.92 Å². The van der Waals surface area contributed by atoms with Gasteiger partial charge in [0.05, 0.1) is 12.2 Å². The lowest BCUT2D eigenvalue weighted by atomic mass is 10.0. The molecular weight excluding hydrogens is 250 g/mol. The highest BCUT2D eigenvalue weighted by atomic mass is 16.2. The molecule has 0 aromatic carbocycles. The molecule has 0 spiro atoms. The lowest BCUT2D eigenvalue weighted by Gasteiger charge is -2.30. The summed E-state index contributed by atoms with van der Waals surface area (Å²) in [4.78, 5) is 17.2. The minimum absolute atomic E-state index is 0.0687. The van der Waals surface area contributed by atoms with Crippen LogP contribution in [-0.4, -0.2) is 54.1 Å². The van der Waals surface area contributed by atoms with Crippen LogP contribution in [0.4, 0.5) is 0 Å². The lowest BCUT2D eigenvalue weighted by Crippen LogP contribution is -2.45. The van der Waals surface area contributed by atoms with E-state index in [9.17, 15) is 4.79 Å². The fourth-order valence-corrected chi connectivity index (χ4v) is 4.17. The number of rotatable bonds is 5. The van der Waals surface area contributed by atoms with Crippen molar-refractivity contribution in [1.82, 2.24) is 15.1 Å². The standard InChI is InChI=1S/C16H29N3O/c1-2-14-16(20)19(12-11-18-9-5-6-10-18)15(17-14)13-7-3-4-8-13/h13-15,17H,2-12H2,1H3. The van der Waals surface area contributed by atoms with Gasteiger partial charge in [-0.25, -0.2) is 0 Å². The Morgan fingerprint density at radius 3 is 2.45 bits per heavy atom. The van der Waals surface area contributed by atoms with Crippen molar-refractivity contribution in [1.29, 1.82) is 0 Å². The second-order valence-corrected chi connectivity index (χ2v) is 6.70. The van der Waals surface area contributed by atoms with E-state index >= 15 is 0 Å². The Hall–Kier alpha value is -0.610. The lowest BCUT2D eigenvalue weighted by molar-refractivity contribution is -0.130. The SMILES string of the molecule is CCC1NC(C2CCCC2)N(CCN2CCCC2)C1=O. The Bertz CT molecular complexity index is 335. The van der Waals surface area contributed by atoms with Crippen molar-refractivity contribution in [2.75, 3.05) is 26.2 Å². The molecule has 2 atom stereocenters. The molecule has 4 nitrogen and oxygen atoms in total. The van der Waals surface area contributed by atoms with Crippen molar-refractivity contribution in [3.8, 4) is 0 Å². The highest BCUT2D eigenvalue weighted by molar-refractivity contribution is 5.84. The average molecular weight is 279 g/mol. The van der Waals surface area contributed by atoms with Crippen molar-refractivity contribution < 1.29 is 4.79 Å². The van der Waals surface area contributed by atoms with E-state index in [1.807, 2.05) is 0 Å². The molecule has 2 heterocycles. The first kappa shape index (κ1) is 14.3. The molecule has 0 bridgehead atoms. The van der Waals surface area contributed by atoms with Gasteiger partial charge in [-0.05, 0) is 51.1 Å². The van der Waals surface area contributed by atoms with E-state index in [1.165, 1.54) is 51.6 Å². The molecule has 0 aromatic heterocycles. The second kappa shape index (κ2) is 6.44. The van der Waals surface area contributed by atoms with Crippen LogP contribution in [0.15, 0.2) is 0 Å². The van der Waals surface area contributed by atoms with Gasteiger partial charge in [0.1, 0.15) is 0 Å². The van der Waals surface area contributed by atoms with Crippen LogP contribution in [0.2, 0.25) is 0 Å². The highest BCUT2D eigenvalue weighted by Crippen LogP contribution is 2.32. The largest absolute Gasteiger partial charge is 0.324 e. The summed E-state index contributed by atoms with van der Waals surface area (Å²) in [7, 11) is 0. The molecular formula is C16H29N3O. The molecule has 0 radical (unpaired) electrons. The monoisotopic (exact) mass is 279 g/mol. The van der Waals surface area contributed by atoms with Gasteiger partial charge in [0.2, 0.25) is 5.91 Å². The summed E-state index contributed by atoms with van der Waals surface area (Å²) >= 11 is 0. The third kappa shape index (κ3) is 2.86. The Morgan fingerprint density at radius 1 is 1.10 bits per heavy atom. The molecule has 3 fully saturated rings. The Morgan fingerprint density at radius 2 is 1.80 bits per heavy atom. The molecule has 1 amide bonds. The molecule has 3 rings (SSSR count). The number of carbonyl (C=O) groups is 1. The van der Waals surface area contributed by atoms with Crippen LogP contribution in [0.5, 0.6) is 0 Å². The summed E-state index contributed by atoms with van der Waals surface area (Å²) in [5.41, 5.74) is 0. The van der Waals surface area contributed by atoms with Crippen LogP contribution in [0.1, 0.15) is 51.9 Å². The zero-order valence-electron chi connectivity index (χ0n) is 12.8. The number of likely N-dealkylation sites (tertiary alicyclic amines) is 1.